The minimum atomic E-state index is -0.0145. The highest BCUT2D eigenvalue weighted by atomic mass is 16.2. The van der Waals surface area contributed by atoms with Crippen molar-refractivity contribution in [2.75, 3.05) is 18.8 Å². The van der Waals surface area contributed by atoms with Crippen molar-refractivity contribution >= 4 is 17.4 Å². The molecular formula is C22H22N8O. The maximum Gasteiger partial charge on any atom is 0.255 e. The quantitative estimate of drug-likeness (QED) is 0.525. The van der Waals surface area contributed by atoms with Gasteiger partial charge in [-0.1, -0.05) is 6.07 Å². The molecule has 4 aromatic rings. The van der Waals surface area contributed by atoms with Gasteiger partial charge in [0.05, 0.1) is 22.5 Å². The number of piperidine rings is 1. The second kappa shape index (κ2) is 7.77. The van der Waals surface area contributed by atoms with Crippen LogP contribution < -0.4 is 11.5 Å². The maximum absolute atomic E-state index is 12.7. The van der Waals surface area contributed by atoms with Crippen LogP contribution in [0.25, 0.3) is 28.2 Å². The van der Waals surface area contributed by atoms with Crippen molar-refractivity contribution in [3.05, 3.63) is 60.7 Å². The van der Waals surface area contributed by atoms with Gasteiger partial charge in [0.1, 0.15) is 0 Å². The van der Waals surface area contributed by atoms with E-state index in [0.29, 0.717) is 41.4 Å². The number of rotatable bonds is 3. The normalized spacial score (nSPS) is 14.8. The number of nitrogen functional groups attached to an aromatic ring is 1. The van der Waals surface area contributed by atoms with E-state index in [4.69, 9.17) is 11.5 Å². The molecule has 156 valence electrons. The molecule has 5 rings (SSSR count). The Hall–Kier alpha value is -3.85. The van der Waals surface area contributed by atoms with Gasteiger partial charge < -0.3 is 16.4 Å². The van der Waals surface area contributed by atoms with Gasteiger partial charge in [-0.15, -0.1) is 5.10 Å². The van der Waals surface area contributed by atoms with Gasteiger partial charge in [-0.3, -0.25) is 14.8 Å². The Balaban J connectivity index is 1.41. The summed E-state index contributed by atoms with van der Waals surface area (Å²) in [7, 11) is 0. The van der Waals surface area contributed by atoms with Crippen molar-refractivity contribution < 1.29 is 4.79 Å². The number of anilines is 1. The summed E-state index contributed by atoms with van der Waals surface area (Å²) in [4.78, 5) is 27.9. The van der Waals surface area contributed by atoms with E-state index in [0.717, 1.165) is 24.1 Å². The lowest BCUT2D eigenvalue weighted by Crippen LogP contribution is -2.42. The molecule has 1 amide bonds. The number of carbonyl (C=O) groups excluding carboxylic acids is 1. The number of hydrogen-bond donors (Lipinski definition) is 2. The van der Waals surface area contributed by atoms with Gasteiger partial charge in [0.15, 0.2) is 11.5 Å². The topological polar surface area (TPSA) is 128 Å². The van der Waals surface area contributed by atoms with Crippen LogP contribution in [0.5, 0.6) is 0 Å². The molecule has 0 radical (unpaired) electrons. The van der Waals surface area contributed by atoms with Crippen molar-refractivity contribution in [3.8, 4) is 22.5 Å². The van der Waals surface area contributed by atoms with Gasteiger partial charge in [-0.05, 0) is 37.1 Å². The summed E-state index contributed by atoms with van der Waals surface area (Å²) < 4.78 is 1.63. The van der Waals surface area contributed by atoms with Crippen LogP contribution in [0, 0.1) is 0 Å². The van der Waals surface area contributed by atoms with Gasteiger partial charge in [-0.25, -0.2) is 9.50 Å². The molecule has 0 bridgehead atoms. The SMILES string of the molecule is Nc1nn2cc(-c3ccc(C(=O)N4CCC(N)CC4)cn3)cnc2c1-c1ccccn1. The smallest absolute Gasteiger partial charge is 0.255 e. The number of nitrogens with two attached hydrogens (primary N) is 2. The number of aromatic nitrogens is 5. The van der Waals surface area contributed by atoms with E-state index in [1.54, 1.807) is 29.2 Å². The van der Waals surface area contributed by atoms with Crippen molar-refractivity contribution in [2.24, 2.45) is 5.73 Å². The number of amides is 1. The summed E-state index contributed by atoms with van der Waals surface area (Å²) in [5, 5.41) is 4.38. The molecule has 4 N–H and O–H groups in total. The molecule has 4 aromatic heterocycles. The summed E-state index contributed by atoms with van der Waals surface area (Å²) >= 11 is 0. The number of likely N-dealkylation sites (tertiary alicyclic amines) is 1. The lowest BCUT2D eigenvalue weighted by Gasteiger charge is -2.30. The molecule has 9 nitrogen and oxygen atoms in total. The minimum absolute atomic E-state index is 0.0145. The predicted octanol–water partition coefficient (Wildman–Crippen LogP) is 2.00. The maximum atomic E-state index is 12.7. The van der Waals surface area contributed by atoms with Crippen LogP contribution in [-0.4, -0.2) is 54.5 Å². The Morgan fingerprint density at radius 1 is 1.00 bits per heavy atom. The summed E-state index contributed by atoms with van der Waals surface area (Å²) in [6.07, 6.45) is 8.51. The van der Waals surface area contributed by atoms with Gasteiger partial charge in [-0.2, -0.15) is 0 Å². The largest absolute Gasteiger partial charge is 0.382 e. The summed E-state index contributed by atoms with van der Waals surface area (Å²) in [6.45, 7) is 1.36. The molecule has 5 heterocycles. The zero-order valence-electron chi connectivity index (χ0n) is 16.8. The second-order valence-electron chi connectivity index (χ2n) is 7.65. The Labute approximate surface area is 178 Å². The van der Waals surface area contributed by atoms with E-state index in [-0.39, 0.29) is 11.9 Å². The van der Waals surface area contributed by atoms with Crippen LogP contribution in [-0.2, 0) is 0 Å². The molecule has 0 unspecified atom stereocenters. The van der Waals surface area contributed by atoms with Gasteiger partial charge in [0.2, 0.25) is 0 Å². The number of pyridine rings is 2. The Kier molecular flexibility index (Phi) is 4.79. The van der Waals surface area contributed by atoms with Crippen LogP contribution in [0.2, 0.25) is 0 Å². The highest BCUT2D eigenvalue weighted by Crippen LogP contribution is 2.28. The van der Waals surface area contributed by atoms with Crippen LogP contribution in [0.3, 0.4) is 0 Å². The summed E-state index contributed by atoms with van der Waals surface area (Å²) in [5.41, 5.74) is 16.1. The van der Waals surface area contributed by atoms with E-state index in [1.165, 1.54) is 0 Å². The first-order valence-corrected chi connectivity index (χ1v) is 10.2. The second-order valence-corrected chi connectivity index (χ2v) is 7.65. The lowest BCUT2D eigenvalue weighted by molar-refractivity contribution is 0.0714. The molecule has 9 heteroatoms. The fourth-order valence-corrected chi connectivity index (χ4v) is 3.82. The molecule has 0 saturated carbocycles. The number of fused-ring (bicyclic) bond motifs is 1. The van der Waals surface area contributed by atoms with E-state index in [9.17, 15) is 4.79 Å². The Morgan fingerprint density at radius 3 is 2.55 bits per heavy atom. The molecule has 0 atom stereocenters. The molecule has 31 heavy (non-hydrogen) atoms. The Bertz CT molecular complexity index is 1230. The minimum Gasteiger partial charge on any atom is -0.382 e. The lowest BCUT2D eigenvalue weighted by atomic mass is 10.1. The fourth-order valence-electron chi connectivity index (χ4n) is 3.82. The number of nitrogens with zero attached hydrogens (tertiary/aromatic N) is 6. The summed E-state index contributed by atoms with van der Waals surface area (Å²) in [5.74, 6) is 0.345. The third-order valence-corrected chi connectivity index (χ3v) is 5.55. The first kappa shape index (κ1) is 19.1. The van der Waals surface area contributed by atoms with Crippen molar-refractivity contribution in [2.45, 2.75) is 18.9 Å². The summed E-state index contributed by atoms with van der Waals surface area (Å²) in [6, 6.07) is 9.40. The first-order chi connectivity index (χ1) is 15.1. The molecule has 1 fully saturated rings. The average molecular weight is 414 g/mol. The third-order valence-electron chi connectivity index (χ3n) is 5.55. The van der Waals surface area contributed by atoms with Gasteiger partial charge in [0, 0.05) is 49.5 Å². The van der Waals surface area contributed by atoms with Crippen LogP contribution in [0.15, 0.2) is 55.1 Å². The standard InChI is InChI=1S/C22H22N8O/c23-16-6-9-29(10-7-16)22(31)14-4-5-17(26-11-14)15-12-27-21-19(18-3-1-2-8-25-18)20(24)28-30(21)13-15/h1-5,8,11-13,16H,6-7,9-10,23H2,(H2,24,28). The van der Waals surface area contributed by atoms with E-state index >= 15 is 0 Å². The van der Waals surface area contributed by atoms with E-state index < -0.39 is 0 Å². The van der Waals surface area contributed by atoms with Gasteiger partial charge >= 0.3 is 0 Å². The molecular weight excluding hydrogens is 392 g/mol. The molecule has 0 spiro atoms. The van der Waals surface area contributed by atoms with E-state index in [2.05, 4.69) is 20.1 Å². The first-order valence-electron chi connectivity index (χ1n) is 10.2. The Morgan fingerprint density at radius 2 is 1.84 bits per heavy atom. The number of carbonyl (C=O) groups is 1. The van der Waals surface area contributed by atoms with Crippen LogP contribution in [0.1, 0.15) is 23.2 Å². The average Bonchev–Trinajstić information content (AvgIpc) is 3.14. The van der Waals surface area contributed by atoms with E-state index in [1.807, 2.05) is 35.4 Å². The van der Waals surface area contributed by atoms with Crippen LogP contribution in [0.4, 0.5) is 5.82 Å². The highest BCUT2D eigenvalue weighted by Gasteiger charge is 2.22. The van der Waals surface area contributed by atoms with Crippen LogP contribution >= 0.6 is 0 Å². The molecule has 0 aromatic carbocycles. The predicted molar refractivity (Wildman–Crippen MR) is 117 cm³/mol. The molecule has 1 aliphatic rings. The van der Waals surface area contributed by atoms with Crippen molar-refractivity contribution in [3.63, 3.8) is 0 Å². The molecule has 0 aliphatic carbocycles. The highest BCUT2D eigenvalue weighted by molar-refractivity contribution is 5.94. The molecule has 1 saturated heterocycles. The van der Waals surface area contributed by atoms with Crippen molar-refractivity contribution in [1.82, 2.24) is 29.5 Å². The molecule has 1 aliphatic heterocycles. The fraction of sp³-hybridized carbons (Fsp3) is 0.227. The zero-order valence-corrected chi connectivity index (χ0v) is 16.8. The van der Waals surface area contributed by atoms with Gasteiger partial charge in [0.25, 0.3) is 5.91 Å². The third kappa shape index (κ3) is 3.59. The monoisotopic (exact) mass is 414 g/mol. The zero-order chi connectivity index (χ0) is 21.4. The number of hydrogen-bond acceptors (Lipinski definition) is 7. The van der Waals surface area contributed by atoms with Crippen molar-refractivity contribution in [1.29, 1.82) is 0 Å².